The summed E-state index contributed by atoms with van der Waals surface area (Å²) >= 11 is 2.79. The molecule has 23 heavy (non-hydrogen) atoms. The largest absolute Gasteiger partial charge is 0.481 e. The predicted octanol–water partition coefficient (Wildman–Crippen LogP) is 4.66. The van der Waals surface area contributed by atoms with Crippen LogP contribution in [-0.2, 0) is 4.79 Å². The molecule has 0 aliphatic rings. The average Bonchev–Trinajstić information content (AvgIpc) is 2.97. The minimum absolute atomic E-state index is 0.00626. The Kier molecular flexibility index (Phi) is 4.63. The van der Waals surface area contributed by atoms with E-state index in [0.717, 1.165) is 26.4 Å². The summed E-state index contributed by atoms with van der Waals surface area (Å²) in [5.41, 5.74) is 3.46. The molecule has 0 saturated heterocycles. The average molecular weight is 344 g/mol. The van der Waals surface area contributed by atoms with Crippen LogP contribution in [0.1, 0.15) is 25.3 Å². The van der Waals surface area contributed by atoms with Crippen LogP contribution in [0.2, 0.25) is 0 Å². The number of thiophene rings is 1. The van der Waals surface area contributed by atoms with E-state index in [9.17, 15) is 4.79 Å². The second-order valence-electron chi connectivity index (χ2n) is 5.47. The van der Waals surface area contributed by atoms with E-state index in [1.807, 2.05) is 0 Å². The van der Waals surface area contributed by atoms with Crippen molar-refractivity contribution < 1.29 is 9.90 Å². The van der Waals surface area contributed by atoms with Gasteiger partial charge in [0.05, 0.1) is 11.1 Å². The second kappa shape index (κ2) is 6.68. The summed E-state index contributed by atoms with van der Waals surface area (Å²) in [4.78, 5) is 20.3. The number of carboxylic acids is 1. The maximum absolute atomic E-state index is 10.8. The maximum Gasteiger partial charge on any atom is 0.313 e. The number of benzene rings is 1. The van der Waals surface area contributed by atoms with Crippen molar-refractivity contribution in [2.45, 2.75) is 24.8 Å². The van der Waals surface area contributed by atoms with Crippen LogP contribution in [0, 0.1) is 0 Å². The van der Waals surface area contributed by atoms with Crippen molar-refractivity contribution in [3.05, 3.63) is 41.5 Å². The Labute approximate surface area is 142 Å². The molecular weight excluding hydrogens is 328 g/mol. The quantitative estimate of drug-likeness (QED) is 0.539. The second-order valence-corrected chi connectivity index (χ2v) is 7.29. The zero-order chi connectivity index (χ0) is 16.4. The first kappa shape index (κ1) is 16.0. The van der Waals surface area contributed by atoms with Crippen LogP contribution in [0.15, 0.2) is 41.0 Å². The SMILES string of the molecule is CC(C)c1ccc(-c2csc3ncnc(SCC(=O)O)c23)cc1. The minimum atomic E-state index is -0.847. The molecule has 0 atom stereocenters. The first-order chi connectivity index (χ1) is 11.1. The number of rotatable bonds is 5. The summed E-state index contributed by atoms with van der Waals surface area (Å²) in [6.07, 6.45) is 1.49. The van der Waals surface area contributed by atoms with Crippen LogP contribution < -0.4 is 0 Å². The molecule has 0 amide bonds. The molecule has 0 fully saturated rings. The third-order valence-electron chi connectivity index (χ3n) is 3.56. The van der Waals surface area contributed by atoms with Gasteiger partial charge in [0, 0.05) is 10.9 Å². The van der Waals surface area contributed by atoms with Gasteiger partial charge in [-0.25, -0.2) is 9.97 Å². The van der Waals surface area contributed by atoms with Gasteiger partial charge in [-0.3, -0.25) is 4.79 Å². The van der Waals surface area contributed by atoms with E-state index in [2.05, 4.69) is 53.5 Å². The molecule has 0 spiro atoms. The number of aromatic nitrogens is 2. The number of fused-ring (bicyclic) bond motifs is 1. The fourth-order valence-electron chi connectivity index (χ4n) is 2.35. The molecule has 0 radical (unpaired) electrons. The summed E-state index contributed by atoms with van der Waals surface area (Å²) in [5, 5.41) is 12.6. The zero-order valence-electron chi connectivity index (χ0n) is 12.8. The van der Waals surface area contributed by atoms with Crippen LogP contribution in [0.25, 0.3) is 21.3 Å². The Morgan fingerprint density at radius 3 is 2.65 bits per heavy atom. The Balaban J connectivity index is 2.05. The molecule has 0 unspecified atom stereocenters. The number of thioether (sulfide) groups is 1. The van der Waals surface area contributed by atoms with Gasteiger partial charge in [0.2, 0.25) is 0 Å². The molecule has 0 saturated carbocycles. The molecule has 2 heterocycles. The summed E-state index contributed by atoms with van der Waals surface area (Å²) in [5.74, 6) is -0.360. The van der Waals surface area contributed by atoms with Crippen molar-refractivity contribution in [3.63, 3.8) is 0 Å². The molecule has 2 aromatic heterocycles. The van der Waals surface area contributed by atoms with Gasteiger partial charge in [-0.15, -0.1) is 11.3 Å². The molecular formula is C17H16N2O2S2. The van der Waals surface area contributed by atoms with Gasteiger partial charge in [-0.2, -0.15) is 0 Å². The third-order valence-corrected chi connectivity index (χ3v) is 5.42. The van der Waals surface area contributed by atoms with Gasteiger partial charge in [0.1, 0.15) is 16.2 Å². The topological polar surface area (TPSA) is 63.1 Å². The molecule has 0 bridgehead atoms. The lowest BCUT2D eigenvalue weighted by Crippen LogP contribution is -1.98. The van der Waals surface area contributed by atoms with E-state index in [4.69, 9.17) is 5.11 Å². The molecule has 3 rings (SSSR count). The van der Waals surface area contributed by atoms with Crippen LogP contribution >= 0.6 is 23.1 Å². The van der Waals surface area contributed by atoms with Crippen LogP contribution in [0.3, 0.4) is 0 Å². The molecule has 6 heteroatoms. The Morgan fingerprint density at radius 2 is 2.00 bits per heavy atom. The number of carbonyl (C=O) groups is 1. The highest BCUT2D eigenvalue weighted by molar-refractivity contribution is 8.00. The van der Waals surface area contributed by atoms with E-state index in [1.54, 1.807) is 11.3 Å². The molecule has 3 aromatic rings. The van der Waals surface area contributed by atoms with E-state index < -0.39 is 5.97 Å². The number of hydrogen-bond acceptors (Lipinski definition) is 5. The van der Waals surface area contributed by atoms with Gasteiger partial charge in [-0.05, 0) is 17.0 Å². The van der Waals surface area contributed by atoms with Crippen molar-refractivity contribution >= 4 is 39.3 Å². The highest BCUT2D eigenvalue weighted by atomic mass is 32.2. The zero-order valence-corrected chi connectivity index (χ0v) is 14.4. The van der Waals surface area contributed by atoms with Crippen molar-refractivity contribution in [1.82, 2.24) is 9.97 Å². The van der Waals surface area contributed by atoms with E-state index in [0.29, 0.717) is 5.92 Å². The van der Waals surface area contributed by atoms with Crippen LogP contribution in [0.5, 0.6) is 0 Å². The standard InChI is InChI=1S/C17H16N2O2S2/c1-10(2)11-3-5-12(6-4-11)13-7-22-16-15(13)17(19-9-18-16)23-8-14(20)21/h3-7,9-10H,8H2,1-2H3,(H,20,21). The fourth-order valence-corrected chi connectivity index (χ4v) is 4.06. The summed E-state index contributed by atoms with van der Waals surface area (Å²) in [6, 6.07) is 8.49. The molecule has 118 valence electrons. The van der Waals surface area contributed by atoms with E-state index >= 15 is 0 Å². The smallest absolute Gasteiger partial charge is 0.313 e. The van der Waals surface area contributed by atoms with Crippen molar-refractivity contribution in [3.8, 4) is 11.1 Å². The lowest BCUT2D eigenvalue weighted by atomic mass is 9.99. The van der Waals surface area contributed by atoms with Crippen molar-refractivity contribution in [2.24, 2.45) is 0 Å². The highest BCUT2D eigenvalue weighted by Gasteiger charge is 2.14. The predicted molar refractivity (Wildman–Crippen MR) is 95.3 cm³/mol. The third kappa shape index (κ3) is 3.38. The molecule has 4 nitrogen and oxygen atoms in total. The molecule has 0 aliphatic heterocycles. The lowest BCUT2D eigenvalue weighted by molar-refractivity contribution is -0.133. The van der Waals surface area contributed by atoms with Gasteiger partial charge in [0.15, 0.2) is 0 Å². The van der Waals surface area contributed by atoms with Gasteiger partial charge >= 0.3 is 5.97 Å². The molecule has 1 N–H and O–H groups in total. The number of nitrogens with zero attached hydrogens (tertiary/aromatic N) is 2. The first-order valence-corrected chi connectivity index (χ1v) is 9.10. The van der Waals surface area contributed by atoms with Crippen molar-refractivity contribution in [1.29, 1.82) is 0 Å². The van der Waals surface area contributed by atoms with Gasteiger partial charge in [-0.1, -0.05) is 49.9 Å². The Morgan fingerprint density at radius 1 is 1.26 bits per heavy atom. The number of hydrogen-bond donors (Lipinski definition) is 1. The molecule has 1 aromatic carbocycles. The van der Waals surface area contributed by atoms with Crippen molar-refractivity contribution in [2.75, 3.05) is 5.75 Å². The first-order valence-electron chi connectivity index (χ1n) is 7.23. The van der Waals surface area contributed by atoms with Gasteiger partial charge < -0.3 is 5.11 Å². The maximum atomic E-state index is 10.8. The minimum Gasteiger partial charge on any atom is -0.481 e. The monoisotopic (exact) mass is 344 g/mol. The number of aliphatic carboxylic acids is 1. The fraction of sp³-hybridized carbons (Fsp3) is 0.235. The van der Waals surface area contributed by atoms with Gasteiger partial charge in [0.25, 0.3) is 0 Å². The van der Waals surface area contributed by atoms with E-state index in [1.165, 1.54) is 23.7 Å². The van der Waals surface area contributed by atoms with Crippen LogP contribution in [-0.4, -0.2) is 26.8 Å². The summed E-state index contributed by atoms with van der Waals surface area (Å²) in [7, 11) is 0. The Hall–Kier alpha value is -1.92. The lowest BCUT2D eigenvalue weighted by Gasteiger charge is -2.07. The van der Waals surface area contributed by atoms with E-state index in [-0.39, 0.29) is 5.75 Å². The molecule has 0 aliphatic carbocycles. The normalized spacial score (nSPS) is 11.3. The van der Waals surface area contributed by atoms with Crippen LogP contribution in [0.4, 0.5) is 0 Å². The summed E-state index contributed by atoms with van der Waals surface area (Å²) in [6.45, 7) is 4.34. The Bertz CT molecular complexity index is 841. The highest BCUT2D eigenvalue weighted by Crippen LogP contribution is 2.38. The number of carboxylic acid groups (broad SMARTS) is 1. The summed E-state index contributed by atoms with van der Waals surface area (Å²) < 4.78 is 0.